The lowest BCUT2D eigenvalue weighted by Gasteiger charge is -2.11. The summed E-state index contributed by atoms with van der Waals surface area (Å²) < 4.78 is 1.55. The molecule has 24 heavy (non-hydrogen) atoms. The van der Waals surface area contributed by atoms with E-state index in [-0.39, 0.29) is 17.4 Å². The molecule has 0 aliphatic heterocycles. The summed E-state index contributed by atoms with van der Waals surface area (Å²) in [4.78, 5) is 31.3. The predicted molar refractivity (Wildman–Crippen MR) is 89.3 cm³/mol. The average molecular weight is 327 g/mol. The number of nitrogens with one attached hydrogen (secondary N) is 2. The van der Waals surface area contributed by atoms with Crippen molar-refractivity contribution in [2.75, 3.05) is 5.32 Å². The van der Waals surface area contributed by atoms with E-state index in [1.165, 1.54) is 6.07 Å². The van der Waals surface area contributed by atoms with Gasteiger partial charge in [-0.1, -0.05) is 12.8 Å². The zero-order valence-electron chi connectivity index (χ0n) is 13.7. The molecule has 0 atom stereocenters. The Balaban J connectivity index is 1.69. The molecule has 0 aromatic carbocycles. The summed E-state index contributed by atoms with van der Waals surface area (Å²) >= 11 is 0. The standard InChI is InChI=1S/C17H21N5O2/c1-10-8-15(23)20-17(18-10)22-14(9-13(21-22)11-6-7-11)19-16(24)12-4-2-3-5-12/h8-9,11-12H,2-7H2,1H3,(H,19,24)(H,18,20,23). The normalized spacial score (nSPS) is 18.0. The van der Waals surface area contributed by atoms with Crippen molar-refractivity contribution in [3.63, 3.8) is 0 Å². The van der Waals surface area contributed by atoms with Crippen LogP contribution in [0.4, 0.5) is 5.82 Å². The topological polar surface area (TPSA) is 92.7 Å². The lowest BCUT2D eigenvalue weighted by Crippen LogP contribution is -2.23. The summed E-state index contributed by atoms with van der Waals surface area (Å²) in [5, 5.41) is 7.57. The van der Waals surface area contributed by atoms with Gasteiger partial charge in [-0.15, -0.1) is 0 Å². The molecule has 7 heteroatoms. The van der Waals surface area contributed by atoms with Crippen molar-refractivity contribution in [3.05, 3.63) is 33.9 Å². The van der Waals surface area contributed by atoms with Crippen LogP contribution in [0.1, 0.15) is 55.8 Å². The summed E-state index contributed by atoms with van der Waals surface area (Å²) in [5.74, 6) is 1.48. The van der Waals surface area contributed by atoms with Crippen LogP contribution in [0.5, 0.6) is 0 Å². The average Bonchev–Trinajstić information content (AvgIpc) is 3.08. The molecule has 2 saturated carbocycles. The number of carbonyl (C=O) groups excluding carboxylic acids is 1. The van der Waals surface area contributed by atoms with Crippen LogP contribution in [0, 0.1) is 12.8 Å². The van der Waals surface area contributed by atoms with Gasteiger partial charge in [0.05, 0.1) is 5.69 Å². The molecule has 2 aliphatic carbocycles. The first-order chi connectivity index (χ1) is 11.6. The molecule has 4 rings (SSSR count). The minimum absolute atomic E-state index is 0.0333. The Kier molecular flexibility index (Phi) is 3.70. The maximum Gasteiger partial charge on any atom is 0.252 e. The van der Waals surface area contributed by atoms with Gasteiger partial charge in [0.15, 0.2) is 0 Å². The highest BCUT2D eigenvalue weighted by Crippen LogP contribution is 2.40. The molecule has 0 bridgehead atoms. The van der Waals surface area contributed by atoms with Crippen molar-refractivity contribution in [1.82, 2.24) is 19.7 Å². The molecular weight excluding hydrogens is 306 g/mol. The Morgan fingerprint density at radius 3 is 2.67 bits per heavy atom. The minimum atomic E-state index is -0.228. The van der Waals surface area contributed by atoms with Crippen LogP contribution >= 0.6 is 0 Å². The zero-order valence-corrected chi connectivity index (χ0v) is 13.7. The molecule has 1 amide bonds. The predicted octanol–water partition coefficient (Wildman–Crippen LogP) is 2.27. The Morgan fingerprint density at radius 2 is 2.00 bits per heavy atom. The molecule has 0 spiro atoms. The number of carbonyl (C=O) groups is 1. The fourth-order valence-electron chi connectivity index (χ4n) is 3.31. The Labute approximate surface area is 139 Å². The van der Waals surface area contributed by atoms with E-state index in [0.29, 0.717) is 23.4 Å². The number of hydrogen-bond donors (Lipinski definition) is 2. The maximum atomic E-state index is 12.5. The first kappa shape index (κ1) is 15.1. The number of rotatable bonds is 4. The van der Waals surface area contributed by atoms with E-state index in [0.717, 1.165) is 44.2 Å². The second kappa shape index (κ2) is 5.89. The smallest absolute Gasteiger partial charge is 0.252 e. The number of amides is 1. The summed E-state index contributed by atoms with van der Waals surface area (Å²) in [6.07, 6.45) is 6.33. The quantitative estimate of drug-likeness (QED) is 0.901. The van der Waals surface area contributed by atoms with Crippen molar-refractivity contribution in [3.8, 4) is 5.95 Å². The van der Waals surface area contributed by atoms with E-state index in [4.69, 9.17) is 0 Å². The highest BCUT2D eigenvalue weighted by Gasteiger charge is 2.29. The zero-order chi connectivity index (χ0) is 16.7. The van der Waals surface area contributed by atoms with Crippen molar-refractivity contribution in [2.45, 2.75) is 51.4 Å². The number of nitrogens with zero attached hydrogens (tertiary/aromatic N) is 3. The van der Waals surface area contributed by atoms with Crippen LogP contribution in [-0.4, -0.2) is 25.7 Å². The summed E-state index contributed by atoms with van der Waals surface area (Å²) in [7, 11) is 0. The van der Waals surface area contributed by atoms with Gasteiger partial charge in [0.25, 0.3) is 5.56 Å². The van der Waals surface area contributed by atoms with Crippen LogP contribution in [0.2, 0.25) is 0 Å². The Morgan fingerprint density at radius 1 is 1.25 bits per heavy atom. The molecule has 0 unspecified atom stereocenters. The third-order valence-electron chi connectivity index (χ3n) is 4.76. The van der Waals surface area contributed by atoms with Gasteiger partial charge >= 0.3 is 0 Å². The van der Waals surface area contributed by atoms with E-state index in [9.17, 15) is 9.59 Å². The summed E-state index contributed by atoms with van der Waals surface area (Å²) in [6.45, 7) is 1.76. The van der Waals surface area contributed by atoms with E-state index in [2.05, 4.69) is 20.4 Å². The molecule has 2 heterocycles. The Bertz CT molecular complexity index is 828. The number of H-pyrrole nitrogens is 1. The molecule has 126 valence electrons. The van der Waals surface area contributed by atoms with Crippen molar-refractivity contribution in [2.24, 2.45) is 5.92 Å². The van der Waals surface area contributed by atoms with Gasteiger partial charge in [0.1, 0.15) is 5.82 Å². The number of anilines is 1. The number of aromatic amines is 1. The molecule has 2 aromatic rings. The monoisotopic (exact) mass is 327 g/mol. The maximum absolute atomic E-state index is 12.5. The molecule has 0 radical (unpaired) electrons. The van der Waals surface area contributed by atoms with Crippen molar-refractivity contribution < 1.29 is 4.79 Å². The molecule has 7 nitrogen and oxygen atoms in total. The first-order valence-electron chi connectivity index (χ1n) is 8.59. The van der Waals surface area contributed by atoms with Gasteiger partial charge in [-0.2, -0.15) is 9.78 Å². The second-order valence-electron chi connectivity index (χ2n) is 6.82. The fraction of sp³-hybridized carbons (Fsp3) is 0.529. The largest absolute Gasteiger partial charge is 0.310 e. The van der Waals surface area contributed by atoms with Gasteiger partial charge in [0.2, 0.25) is 11.9 Å². The van der Waals surface area contributed by atoms with Crippen molar-refractivity contribution in [1.29, 1.82) is 0 Å². The minimum Gasteiger partial charge on any atom is -0.310 e. The Hall–Kier alpha value is -2.44. The molecule has 0 saturated heterocycles. The van der Waals surface area contributed by atoms with E-state index in [1.807, 2.05) is 6.07 Å². The highest BCUT2D eigenvalue weighted by molar-refractivity contribution is 5.92. The molecule has 2 aliphatic rings. The van der Waals surface area contributed by atoms with Gasteiger partial charge in [-0.3, -0.25) is 14.6 Å². The number of aromatic nitrogens is 4. The van der Waals surface area contributed by atoms with E-state index in [1.54, 1.807) is 11.6 Å². The fourth-order valence-corrected chi connectivity index (χ4v) is 3.31. The lowest BCUT2D eigenvalue weighted by atomic mass is 10.1. The highest BCUT2D eigenvalue weighted by atomic mass is 16.2. The third-order valence-corrected chi connectivity index (χ3v) is 4.76. The van der Waals surface area contributed by atoms with Gasteiger partial charge < -0.3 is 5.32 Å². The third kappa shape index (κ3) is 2.98. The summed E-state index contributed by atoms with van der Waals surface area (Å²) in [6, 6.07) is 3.35. The number of aryl methyl sites for hydroxylation is 1. The van der Waals surface area contributed by atoms with Gasteiger partial charge in [-0.05, 0) is 32.6 Å². The molecular formula is C17H21N5O2. The van der Waals surface area contributed by atoms with Crippen LogP contribution < -0.4 is 10.9 Å². The van der Waals surface area contributed by atoms with Crippen LogP contribution in [0.3, 0.4) is 0 Å². The van der Waals surface area contributed by atoms with Crippen LogP contribution in [0.15, 0.2) is 16.9 Å². The lowest BCUT2D eigenvalue weighted by molar-refractivity contribution is -0.119. The summed E-state index contributed by atoms with van der Waals surface area (Å²) in [5.41, 5.74) is 1.33. The molecule has 2 N–H and O–H groups in total. The van der Waals surface area contributed by atoms with E-state index < -0.39 is 0 Å². The second-order valence-corrected chi connectivity index (χ2v) is 6.82. The van der Waals surface area contributed by atoms with Crippen LogP contribution in [-0.2, 0) is 4.79 Å². The van der Waals surface area contributed by atoms with Crippen molar-refractivity contribution >= 4 is 11.7 Å². The molecule has 2 aromatic heterocycles. The van der Waals surface area contributed by atoms with E-state index >= 15 is 0 Å². The SMILES string of the molecule is Cc1cc(=O)[nH]c(-n2nc(C3CC3)cc2NC(=O)C2CCCC2)n1. The van der Waals surface area contributed by atoms with Crippen LogP contribution in [0.25, 0.3) is 5.95 Å². The van der Waals surface area contributed by atoms with Gasteiger partial charge in [0, 0.05) is 29.7 Å². The van der Waals surface area contributed by atoms with Gasteiger partial charge in [-0.25, -0.2) is 4.98 Å². The first-order valence-corrected chi connectivity index (χ1v) is 8.59. The molecule has 2 fully saturated rings. The number of hydrogen-bond acceptors (Lipinski definition) is 4.